The maximum Gasteiger partial charge on any atom is 0.189 e. The fraction of sp³-hybridized carbons (Fsp3) is 0. The van der Waals surface area contributed by atoms with Gasteiger partial charge in [-0.15, -0.1) is 0 Å². The lowest BCUT2D eigenvalue weighted by atomic mass is 10.0. The molecule has 0 spiro atoms. The lowest BCUT2D eigenvalue weighted by Gasteiger charge is -2.21. The van der Waals surface area contributed by atoms with Crippen LogP contribution in [0.4, 0.5) is 0 Å². The Hall–Kier alpha value is -3.73. The number of rotatable bonds is 3. The van der Waals surface area contributed by atoms with Crippen molar-refractivity contribution in [2.75, 3.05) is 0 Å². The Morgan fingerprint density at radius 3 is 1.83 bits per heavy atom. The summed E-state index contributed by atoms with van der Waals surface area (Å²) in [6.45, 7) is 0. The van der Waals surface area contributed by atoms with Crippen molar-refractivity contribution >= 4 is 44.9 Å². The SMILES string of the molecule is N#Cc1ccc2nc(P(=O)(c3ccccc3)c3ccccc3)c3ccccc3c2c1. The quantitative estimate of drug-likeness (QED) is 0.318. The van der Waals surface area contributed by atoms with Crippen LogP contribution in [0.15, 0.2) is 103 Å². The fourth-order valence-electron chi connectivity index (χ4n) is 3.92. The number of benzene rings is 4. The van der Waals surface area contributed by atoms with Crippen molar-refractivity contribution in [2.24, 2.45) is 0 Å². The van der Waals surface area contributed by atoms with Crippen LogP contribution in [-0.2, 0) is 4.57 Å². The highest BCUT2D eigenvalue weighted by atomic mass is 31.2. The lowest BCUT2D eigenvalue weighted by molar-refractivity contribution is 0.592. The van der Waals surface area contributed by atoms with Gasteiger partial charge >= 0.3 is 0 Å². The van der Waals surface area contributed by atoms with Crippen LogP contribution >= 0.6 is 7.14 Å². The molecule has 5 aromatic rings. The molecule has 4 heteroatoms. The van der Waals surface area contributed by atoms with Crippen molar-refractivity contribution in [3.63, 3.8) is 0 Å². The van der Waals surface area contributed by atoms with E-state index in [1.807, 2.05) is 97.1 Å². The van der Waals surface area contributed by atoms with E-state index in [4.69, 9.17) is 4.98 Å². The van der Waals surface area contributed by atoms with Crippen LogP contribution in [0.2, 0.25) is 0 Å². The third kappa shape index (κ3) is 2.82. The minimum Gasteiger partial charge on any atom is -0.307 e. The van der Waals surface area contributed by atoms with E-state index in [0.717, 1.165) is 32.3 Å². The summed E-state index contributed by atoms with van der Waals surface area (Å²) in [5.74, 6) is 0. The molecule has 0 bridgehead atoms. The Kier molecular flexibility index (Phi) is 4.43. The predicted octanol–water partition coefficient (Wildman–Crippen LogP) is 4.90. The Bertz CT molecular complexity index is 1430. The summed E-state index contributed by atoms with van der Waals surface area (Å²) in [5.41, 5.74) is 1.89. The van der Waals surface area contributed by atoms with Gasteiger partial charge in [0.15, 0.2) is 7.14 Å². The molecule has 0 aliphatic heterocycles. The zero-order valence-electron chi connectivity index (χ0n) is 16.1. The molecule has 0 N–H and O–H groups in total. The van der Waals surface area contributed by atoms with Crippen LogP contribution in [0.3, 0.4) is 0 Å². The molecule has 0 fully saturated rings. The van der Waals surface area contributed by atoms with Crippen molar-refractivity contribution in [3.05, 3.63) is 109 Å². The Morgan fingerprint density at radius 1 is 0.667 bits per heavy atom. The Morgan fingerprint density at radius 2 is 1.23 bits per heavy atom. The molecule has 0 atom stereocenters. The van der Waals surface area contributed by atoms with Crippen LogP contribution in [0.1, 0.15) is 5.56 Å². The molecule has 30 heavy (non-hydrogen) atoms. The number of nitriles is 1. The van der Waals surface area contributed by atoms with E-state index in [1.165, 1.54) is 0 Å². The van der Waals surface area contributed by atoms with Crippen molar-refractivity contribution in [2.45, 2.75) is 0 Å². The Labute approximate surface area is 174 Å². The third-order valence-corrected chi connectivity index (χ3v) is 8.34. The molecule has 1 heterocycles. The highest BCUT2D eigenvalue weighted by molar-refractivity contribution is 7.85. The van der Waals surface area contributed by atoms with Crippen LogP contribution in [0.25, 0.3) is 21.7 Å². The van der Waals surface area contributed by atoms with Gasteiger partial charge in [0.1, 0.15) is 5.44 Å². The van der Waals surface area contributed by atoms with Gasteiger partial charge in [-0.1, -0.05) is 84.9 Å². The number of aromatic nitrogens is 1. The molecule has 0 radical (unpaired) electrons. The number of fused-ring (bicyclic) bond motifs is 3. The minimum absolute atomic E-state index is 0.577. The second-order valence-electron chi connectivity index (χ2n) is 7.11. The summed E-state index contributed by atoms with van der Waals surface area (Å²) in [4.78, 5) is 4.93. The van der Waals surface area contributed by atoms with Crippen LogP contribution < -0.4 is 16.0 Å². The number of nitrogens with zero attached hydrogens (tertiary/aromatic N) is 2. The van der Waals surface area contributed by atoms with E-state index in [0.29, 0.717) is 11.0 Å². The molecule has 1 aromatic heterocycles. The zero-order valence-corrected chi connectivity index (χ0v) is 17.0. The lowest BCUT2D eigenvalue weighted by Crippen LogP contribution is -2.27. The molecule has 0 unspecified atom stereocenters. The van der Waals surface area contributed by atoms with Gasteiger partial charge in [-0.3, -0.25) is 0 Å². The summed E-state index contributed by atoms with van der Waals surface area (Å²) < 4.78 is 14.9. The van der Waals surface area contributed by atoms with E-state index in [9.17, 15) is 9.83 Å². The molecule has 0 aliphatic carbocycles. The van der Waals surface area contributed by atoms with Crippen LogP contribution in [0, 0.1) is 11.3 Å². The Balaban J connectivity index is 1.94. The third-order valence-electron chi connectivity index (χ3n) is 5.35. The highest BCUT2D eigenvalue weighted by Crippen LogP contribution is 2.44. The molecule has 4 aromatic carbocycles. The van der Waals surface area contributed by atoms with Gasteiger partial charge in [0.05, 0.1) is 17.1 Å². The topological polar surface area (TPSA) is 53.8 Å². The van der Waals surface area contributed by atoms with Gasteiger partial charge in [-0.25, -0.2) is 4.98 Å². The fourth-order valence-corrected chi connectivity index (χ4v) is 6.67. The van der Waals surface area contributed by atoms with Gasteiger partial charge in [0.2, 0.25) is 0 Å². The van der Waals surface area contributed by atoms with E-state index in [-0.39, 0.29) is 0 Å². The monoisotopic (exact) mass is 404 g/mol. The van der Waals surface area contributed by atoms with Crippen molar-refractivity contribution in [1.29, 1.82) is 5.26 Å². The largest absolute Gasteiger partial charge is 0.307 e. The predicted molar refractivity (Wildman–Crippen MR) is 123 cm³/mol. The molecular formula is C26H17N2OP. The van der Waals surface area contributed by atoms with Crippen molar-refractivity contribution in [1.82, 2.24) is 4.98 Å². The van der Waals surface area contributed by atoms with Gasteiger partial charge < -0.3 is 4.57 Å². The first-order valence-electron chi connectivity index (χ1n) is 9.66. The van der Waals surface area contributed by atoms with E-state index < -0.39 is 7.14 Å². The first-order valence-corrected chi connectivity index (χ1v) is 11.4. The van der Waals surface area contributed by atoms with E-state index in [1.54, 1.807) is 6.07 Å². The maximum absolute atomic E-state index is 14.9. The van der Waals surface area contributed by atoms with Crippen LogP contribution in [0.5, 0.6) is 0 Å². The summed E-state index contributed by atoms with van der Waals surface area (Å²) in [5, 5.41) is 13.5. The van der Waals surface area contributed by atoms with E-state index in [2.05, 4.69) is 6.07 Å². The minimum atomic E-state index is -3.22. The standard InChI is InChI=1S/C26H17N2OP/c27-18-19-15-16-25-24(17-19)22-13-7-8-14-23(22)26(28-25)30(29,20-9-3-1-4-10-20)21-11-5-2-6-12-21/h1-17H. The molecule has 142 valence electrons. The number of hydrogen-bond donors (Lipinski definition) is 0. The molecule has 5 rings (SSSR count). The van der Waals surface area contributed by atoms with Crippen molar-refractivity contribution < 1.29 is 4.57 Å². The molecule has 0 saturated heterocycles. The maximum atomic E-state index is 14.9. The normalized spacial score (nSPS) is 11.4. The number of pyridine rings is 1. The van der Waals surface area contributed by atoms with Gasteiger partial charge in [0.25, 0.3) is 0 Å². The van der Waals surface area contributed by atoms with Crippen molar-refractivity contribution in [3.8, 4) is 6.07 Å². The zero-order chi connectivity index (χ0) is 20.6. The smallest absolute Gasteiger partial charge is 0.189 e. The summed E-state index contributed by atoms with van der Waals surface area (Å²) in [6.07, 6.45) is 0. The van der Waals surface area contributed by atoms with E-state index >= 15 is 0 Å². The molecule has 0 aliphatic rings. The number of hydrogen-bond acceptors (Lipinski definition) is 3. The second-order valence-corrected chi connectivity index (χ2v) is 9.78. The molecule has 3 nitrogen and oxygen atoms in total. The highest BCUT2D eigenvalue weighted by Gasteiger charge is 2.33. The summed E-state index contributed by atoms with van der Waals surface area (Å²) in [7, 11) is -3.22. The second kappa shape index (κ2) is 7.26. The average Bonchev–Trinajstić information content (AvgIpc) is 2.84. The van der Waals surface area contributed by atoms with Gasteiger partial charge in [-0.05, 0) is 23.6 Å². The molecular weight excluding hydrogens is 387 g/mol. The summed E-state index contributed by atoms with van der Waals surface area (Å²) >= 11 is 0. The van der Waals surface area contributed by atoms with Gasteiger partial charge in [0, 0.05) is 21.4 Å². The molecule has 0 amide bonds. The first-order chi connectivity index (χ1) is 14.7. The first kappa shape index (κ1) is 18.3. The van der Waals surface area contributed by atoms with Gasteiger partial charge in [-0.2, -0.15) is 5.26 Å². The van der Waals surface area contributed by atoms with Crippen LogP contribution in [-0.4, -0.2) is 4.98 Å². The average molecular weight is 404 g/mol. The summed E-state index contributed by atoms with van der Waals surface area (Å²) in [6, 6.07) is 34.6. The molecule has 0 saturated carbocycles.